The van der Waals surface area contributed by atoms with Crippen LogP contribution in [0.5, 0.6) is 0 Å². The van der Waals surface area contributed by atoms with E-state index in [1.165, 1.54) is 0 Å². The summed E-state index contributed by atoms with van der Waals surface area (Å²) in [5.74, 6) is 0. The highest BCUT2D eigenvalue weighted by Crippen LogP contribution is 2.37. The molecule has 0 saturated heterocycles. The molecule has 0 radical (unpaired) electrons. The first kappa shape index (κ1) is 10.9. The van der Waals surface area contributed by atoms with E-state index in [0.29, 0.717) is 10.6 Å². The molecule has 1 fully saturated rings. The van der Waals surface area contributed by atoms with Gasteiger partial charge < -0.3 is 5.73 Å². The van der Waals surface area contributed by atoms with E-state index < -0.39 is 6.67 Å². The maximum Gasteiger partial charge on any atom is 0.116 e. The van der Waals surface area contributed by atoms with Gasteiger partial charge >= 0.3 is 0 Å². The molecule has 82 valence electrons. The Morgan fingerprint density at radius 3 is 2.73 bits per heavy atom. The predicted molar refractivity (Wildman–Crippen MR) is 60.7 cm³/mol. The number of aryl methyl sites for hydroxylation is 1. The zero-order valence-corrected chi connectivity index (χ0v) is 9.36. The lowest BCUT2D eigenvalue weighted by atomic mass is 10.00. The van der Waals surface area contributed by atoms with Crippen molar-refractivity contribution in [2.75, 3.05) is 0 Å². The molecule has 1 aromatic carbocycles. The van der Waals surface area contributed by atoms with Gasteiger partial charge in [-0.2, -0.15) is 0 Å². The van der Waals surface area contributed by atoms with Gasteiger partial charge in [0.1, 0.15) is 6.67 Å². The van der Waals surface area contributed by atoms with Crippen LogP contribution >= 0.6 is 11.6 Å². The molecule has 0 atom stereocenters. The first-order valence-electron chi connectivity index (χ1n) is 5.26. The number of rotatable bonds is 4. The van der Waals surface area contributed by atoms with Gasteiger partial charge in [-0.25, -0.2) is 4.39 Å². The van der Waals surface area contributed by atoms with Crippen LogP contribution in [0.1, 0.15) is 30.4 Å². The summed E-state index contributed by atoms with van der Waals surface area (Å²) in [6, 6.07) is 5.54. The van der Waals surface area contributed by atoms with Crippen molar-refractivity contribution in [3.63, 3.8) is 0 Å². The van der Waals surface area contributed by atoms with E-state index in [1.807, 2.05) is 12.1 Å². The molecule has 1 aromatic rings. The molecule has 0 spiro atoms. The highest BCUT2D eigenvalue weighted by Gasteiger charge is 2.37. The van der Waals surface area contributed by atoms with Gasteiger partial charge in [0, 0.05) is 16.1 Å². The van der Waals surface area contributed by atoms with Crippen LogP contribution in [-0.4, -0.2) is 5.54 Å². The van der Waals surface area contributed by atoms with Crippen LogP contribution < -0.4 is 5.73 Å². The Bertz CT molecular complexity index is 361. The van der Waals surface area contributed by atoms with Gasteiger partial charge in [0.25, 0.3) is 0 Å². The molecule has 0 bridgehead atoms. The van der Waals surface area contributed by atoms with E-state index >= 15 is 0 Å². The Balaban J connectivity index is 2.09. The molecule has 0 aliphatic heterocycles. The molecule has 1 nitrogen and oxygen atoms in total. The summed E-state index contributed by atoms with van der Waals surface area (Å²) in [6.45, 7) is -0.493. The van der Waals surface area contributed by atoms with Crippen molar-refractivity contribution in [2.45, 2.75) is 37.9 Å². The molecular weight excluding hydrogens is 213 g/mol. The van der Waals surface area contributed by atoms with E-state index in [0.717, 1.165) is 31.2 Å². The summed E-state index contributed by atoms with van der Waals surface area (Å²) in [5.41, 5.74) is 7.65. The fourth-order valence-electron chi connectivity index (χ4n) is 1.78. The van der Waals surface area contributed by atoms with Gasteiger partial charge in [-0.05, 0) is 37.3 Å². The van der Waals surface area contributed by atoms with Crippen LogP contribution in [-0.2, 0) is 13.1 Å². The van der Waals surface area contributed by atoms with Crippen molar-refractivity contribution in [1.29, 1.82) is 0 Å². The first-order chi connectivity index (χ1) is 7.14. The van der Waals surface area contributed by atoms with Crippen LogP contribution in [0.25, 0.3) is 0 Å². The smallest absolute Gasteiger partial charge is 0.116 e. The van der Waals surface area contributed by atoms with Gasteiger partial charge in [-0.15, -0.1) is 0 Å². The van der Waals surface area contributed by atoms with E-state index in [-0.39, 0.29) is 5.54 Å². The van der Waals surface area contributed by atoms with Crippen LogP contribution in [0.3, 0.4) is 0 Å². The number of alkyl halides is 1. The van der Waals surface area contributed by atoms with Crippen molar-refractivity contribution >= 4 is 11.6 Å². The van der Waals surface area contributed by atoms with Crippen LogP contribution in [0.15, 0.2) is 18.2 Å². The molecule has 0 amide bonds. The quantitative estimate of drug-likeness (QED) is 0.840. The fraction of sp³-hybridized carbons (Fsp3) is 0.500. The van der Waals surface area contributed by atoms with Crippen LogP contribution in [0.2, 0.25) is 5.02 Å². The lowest BCUT2D eigenvalue weighted by Crippen LogP contribution is -2.22. The number of hydrogen-bond donors (Lipinski definition) is 1. The number of benzene rings is 1. The molecule has 0 aromatic heterocycles. The van der Waals surface area contributed by atoms with Gasteiger partial charge in [-0.1, -0.05) is 23.7 Å². The lowest BCUT2D eigenvalue weighted by Gasteiger charge is -2.11. The van der Waals surface area contributed by atoms with Crippen molar-refractivity contribution in [3.05, 3.63) is 34.3 Å². The molecule has 1 aliphatic rings. The Kier molecular flexibility index (Phi) is 2.98. The average Bonchev–Trinajstić information content (AvgIpc) is 2.94. The molecular formula is C12H15ClFN. The maximum atomic E-state index is 12.8. The zero-order valence-electron chi connectivity index (χ0n) is 8.60. The summed E-state index contributed by atoms with van der Waals surface area (Å²) in [6.07, 6.45) is 3.95. The molecule has 2 N–H and O–H groups in total. The molecule has 1 saturated carbocycles. The monoisotopic (exact) mass is 227 g/mol. The van der Waals surface area contributed by atoms with E-state index in [1.54, 1.807) is 6.07 Å². The molecule has 0 unspecified atom stereocenters. The third-order valence-electron chi connectivity index (χ3n) is 3.13. The Labute approximate surface area is 94.4 Å². The maximum absolute atomic E-state index is 12.8. The van der Waals surface area contributed by atoms with E-state index in [4.69, 9.17) is 17.3 Å². The second-order valence-corrected chi connectivity index (χ2v) is 4.78. The Morgan fingerprint density at radius 2 is 2.13 bits per heavy atom. The van der Waals surface area contributed by atoms with Crippen molar-refractivity contribution in [2.24, 2.45) is 5.73 Å². The Morgan fingerprint density at radius 1 is 1.40 bits per heavy atom. The lowest BCUT2D eigenvalue weighted by molar-refractivity contribution is 0.480. The van der Waals surface area contributed by atoms with Crippen molar-refractivity contribution in [1.82, 2.24) is 0 Å². The second-order valence-electron chi connectivity index (χ2n) is 4.37. The van der Waals surface area contributed by atoms with E-state index in [2.05, 4.69) is 0 Å². The molecule has 1 aliphatic carbocycles. The minimum atomic E-state index is -0.493. The summed E-state index contributed by atoms with van der Waals surface area (Å²) in [7, 11) is 0. The number of halogens is 2. The van der Waals surface area contributed by atoms with Crippen molar-refractivity contribution in [3.8, 4) is 0 Å². The molecule has 2 rings (SSSR count). The third-order valence-corrected chi connectivity index (χ3v) is 3.49. The molecule has 0 heterocycles. The fourth-order valence-corrected chi connectivity index (χ4v) is 2.03. The average molecular weight is 228 g/mol. The van der Waals surface area contributed by atoms with Gasteiger partial charge in [0.2, 0.25) is 0 Å². The van der Waals surface area contributed by atoms with Crippen molar-refractivity contribution < 1.29 is 4.39 Å². The molecule has 3 heteroatoms. The largest absolute Gasteiger partial charge is 0.325 e. The first-order valence-corrected chi connectivity index (χ1v) is 5.63. The standard InChI is InChI=1S/C12H15ClFN/c13-11-3-1-2-9(10(11)8-14)4-5-12(15)6-7-12/h1-3H,4-8,15H2. The van der Waals surface area contributed by atoms with E-state index in [9.17, 15) is 4.39 Å². The highest BCUT2D eigenvalue weighted by molar-refractivity contribution is 6.31. The van der Waals surface area contributed by atoms with Gasteiger partial charge in [-0.3, -0.25) is 0 Å². The summed E-state index contributed by atoms with van der Waals surface area (Å²) in [5, 5.41) is 0.525. The second kappa shape index (κ2) is 4.11. The molecule has 15 heavy (non-hydrogen) atoms. The summed E-state index contributed by atoms with van der Waals surface area (Å²) < 4.78 is 12.8. The predicted octanol–water partition coefficient (Wildman–Crippen LogP) is 3.23. The minimum absolute atomic E-state index is 0.0237. The minimum Gasteiger partial charge on any atom is -0.325 e. The van der Waals surface area contributed by atoms with Gasteiger partial charge in [0.15, 0.2) is 0 Å². The third kappa shape index (κ3) is 2.50. The highest BCUT2D eigenvalue weighted by atomic mass is 35.5. The summed E-state index contributed by atoms with van der Waals surface area (Å²) in [4.78, 5) is 0. The van der Waals surface area contributed by atoms with Crippen LogP contribution in [0.4, 0.5) is 4.39 Å². The number of nitrogens with two attached hydrogens (primary N) is 1. The van der Waals surface area contributed by atoms with Crippen LogP contribution in [0, 0.1) is 0 Å². The normalized spacial score (nSPS) is 17.8. The summed E-state index contributed by atoms with van der Waals surface area (Å²) >= 11 is 5.92. The Hall–Kier alpha value is -0.600. The topological polar surface area (TPSA) is 26.0 Å². The SMILES string of the molecule is NC1(CCc2cccc(Cl)c2CF)CC1. The number of hydrogen-bond acceptors (Lipinski definition) is 1. The van der Waals surface area contributed by atoms with Gasteiger partial charge in [0.05, 0.1) is 0 Å². The zero-order chi connectivity index (χ0) is 10.9.